The molecular weight excluding hydrogens is 374 g/mol. The molecule has 2 fully saturated rings. The number of amides is 2. The van der Waals surface area contributed by atoms with Gasteiger partial charge in [0.25, 0.3) is 11.8 Å². The normalized spacial score (nSPS) is 20.9. The van der Waals surface area contributed by atoms with E-state index in [2.05, 4.69) is 4.98 Å². The molecule has 2 aliphatic rings. The van der Waals surface area contributed by atoms with Crippen molar-refractivity contribution < 1.29 is 9.59 Å². The average Bonchev–Trinajstić information content (AvgIpc) is 3.42. The monoisotopic (exact) mass is 393 g/mol. The fourth-order valence-corrected chi connectivity index (χ4v) is 5.89. The van der Waals surface area contributed by atoms with Gasteiger partial charge in [-0.05, 0) is 25.0 Å². The first-order valence-electron chi connectivity index (χ1n) is 8.40. The van der Waals surface area contributed by atoms with Crippen molar-refractivity contribution >= 4 is 46.2 Å². The van der Waals surface area contributed by atoms with Gasteiger partial charge in [0.2, 0.25) is 0 Å². The minimum absolute atomic E-state index is 0.00178. The highest BCUT2D eigenvalue weighted by atomic mass is 32.2. The number of thiazole rings is 1. The third kappa shape index (κ3) is 3.47. The Bertz CT molecular complexity index is 753. The van der Waals surface area contributed by atoms with E-state index < -0.39 is 0 Å². The summed E-state index contributed by atoms with van der Waals surface area (Å²) < 4.78 is 0. The van der Waals surface area contributed by atoms with E-state index in [-0.39, 0.29) is 17.9 Å². The van der Waals surface area contributed by atoms with Gasteiger partial charge in [0.1, 0.15) is 5.69 Å². The van der Waals surface area contributed by atoms with E-state index >= 15 is 0 Å². The maximum absolute atomic E-state index is 12.7. The van der Waals surface area contributed by atoms with Crippen molar-refractivity contribution in [2.24, 2.45) is 0 Å². The van der Waals surface area contributed by atoms with Crippen LogP contribution in [0.3, 0.4) is 0 Å². The standard InChI is InChI=1S/C17H19N3O2S3/c21-16(12-10-24-11-18-12)20-5-1-2-13(20)14-3-4-15(25-14)17(22)19-6-8-23-9-7-19/h3-4,10-11,13H,1-2,5-9H2/t13-/m1/s1. The van der Waals surface area contributed by atoms with Gasteiger partial charge in [0.05, 0.1) is 16.4 Å². The molecule has 1 atom stereocenters. The Morgan fingerprint density at radius 1 is 1.12 bits per heavy atom. The number of aromatic nitrogens is 1. The van der Waals surface area contributed by atoms with Gasteiger partial charge in [-0.2, -0.15) is 11.8 Å². The summed E-state index contributed by atoms with van der Waals surface area (Å²) in [6.07, 6.45) is 1.94. The van der Waals surface area contributed by atoms with Crippen LogP contribution in [0.1, 0.15) is 43.9 Å². The van der Waals surface area contributed by atoms with Crippen molar-refractivity contribution in [1.29, 1.82) is 0 Å². The summed E-state index contributed by atoms with van der Waals surface area (Å²) in [6, 6.07) is 4.01. The van der Waals surface area contributed by atoms with Crippen LogP contribution >= 0.6 is 34.4 Å². The van der Waals surface area contributed by atoms with Crippen LogP contribution < -0.4 is 0 Å². The molecule has 0 radical (unpaired) electrons. The molecule has 0 bridgehead atoms. The van der Waals surface area contributed by atoms with Crippen molar-refractivity contribution in [2.75, 3.05) is 31.1 Å². The van der Waals surface area contributed by atoms with E-state index in [1.807, 2.05) is 33.7 Å². The lowest BCUT2D eigenvalue weighted by atomic mass is 10.2. The molecule has 0 aromatic carbocycles. The molecule has 2 saturated heterocycles. The molecule has 8 heteroatoms. The van der Waals surface area contributed by atoms with Gasteiger partial charge >= 0.3 is 0 Å². The number of nitrogens with zero attached hydrogens (tertiary/aromatic N) is 3. The number of thioether (sulfide) groups is 1. The van der Waals surface area contributed by atoms with E-state index in [9.17, 15) is 9.59 Å². The maximum Gasteiger partial charge on any atom is 0.273 e. The summed E-state index contributed by atoms with van der Waals surface area (Å²) >= 11 is 4.88. The molecule has 5 nitrogen and oxygen atoms in total. The molecule has 4 heterocycles. The van der Waals surface area contributed by atoms with E-state index in [1.54, 1.807) is 22.2 Å². The number of hydrogen-bond acceptors (Lipinski definition) is 6. The topological polar surface area (TPSA) is 53.5 Å². The molecule has 2 aliphatic heterocycles. The van der Waals surface area contributed by atoms with Crippen molar-refractivity contribution in [3.05, 3.63) is 38.5 Å². The van der Waals surface area contributed by atoms with Gasteiger partial charge in [-0.25, -0.2) is 4.98 Å². The first-order chi connectivity index (χ1) is 12.2. The molecule has 0 aliphatic carbocycles. The summed E-state index contributed by atoms with van der Waals surface area (Å²) in [5, 5.41) is 1.80. The van der Waals surface area contributed by atoms with E-state index in [4.69, 9.17) is 0 Å². The predicted molar refractivity (Wildman–Crippen MR) is 103 cm³/mol. The van der Waals surface area contributed by atoms with E-state index in [1.165, 1.54) is 11.3 Å². The fourth-order valence-electron chi connectivity index (χ4n) is 3.34. The zero-order valence-corrected chi connectivity index (χ0v) is 16.2. The van der Waals surface area contributed by atoms with Gasteiger partial charge in [-0.1, -0.05) is 0 Å². The second kappa shape index (κ2) is 7.47. The van der Waals surface area contributed by atoms with Crippen LogP contribution in [0, 0.1) is 0 Å². The molecule has 0 unspecified atom stereocenters. The largest absolute Gasteiger partial charge is 0.336 e. The molecule has 25 heavy (non-hydrogen) atoms. The van der Waals surface area contributed by atoms with Crippen molar-refractivity contribution in [3.63, 3.8) is 0 Å². The minimum Gasteiger partial charge on any atom is -0.336 e. The second-order valence-electron chi connectivity index (χ2n) is 6.14. The van der Waals surface area contributed by atoms with Gasteiger partial charge in [-0.3, -0.25) is 9.59 Å². The summed E-state index contributed by atoms with van der Waals surface area (Å²) in [6.45, 7) is 2.41. The third-order valence-corrected chi connectivity index (χ3v) is 7.33. The smallest absolute Gasteiger partial charge is 0.273 e. The lowest BCUT2D eigenvalue weighted by molar-refractivity contribution is 0.0732. The lowest BCUT2D eigenvalue weighted by Gasteiger charge is -2.26. The van der Waals surface area contributed by atoms with Crippen LogP contribution in [0.2, 0.25) is 0 Å². The lowest BCUT2D eigenvalue weighted by Crippen LogP contribution is -2.37. The Morgan fingerprint density at radius 3 is 2.72 bits per heavy atom. The molecule has 132 valence electrons. The zero-order chi connectivity index (χ0) is 17.2. The molecule has 2 aromatic heterocycles. The molecule has 2 amide bonds. The highest BCUT2D eigenvalue weighted by Crippen LogP contribution is 2.37. The number of likely N-dealkylation sites (tertiary alicyclic amines) is 1. The molecular formula is C17H19N3O2S3. The van der Waals surface area contributed by atoms with Crippen molar-refractivity contribution in [2.45, 2.75) is 18.9 Å². The number of carbonyl (C=O) groups excluding carboxylic acids is 2. The maximum atomic E-state index is 12.7. The molecule has 4 rings (SSSR count). The average molecular weight is 394 g/mol. The molecule has 0 N–H and O–H groups in total. The van der Waals surface area contributed by atoms with Crippen molar-refractivity contribution in [1.82, 2.24) is 14.8 Å². The molecule has 0 spiro atoms. The van der Waals surface area contributed by atoms with Crippen LogP contribution in [0.4, 0.5) is 0 Å². The quantitative estimate of drug-likeness (QED) is 0.802. The number of thiophene rings is 1. The van der Waals surface area contributed by atoms with Gasteiger partial charge in [0, 0.05) is 41.4 Å². The van der Waals surface area contributed by atoms with Crippen LogP contribution in [0.15, 0.2) is 23.0 Å². The van der Waals surface area contributed by atoms with E-state index in [0.717, 1.165) is 53.7 Å². The number of rotatable bonds is 3. The first-order valence-corrected chi connectivity index (χ1v) is 11.3. The first kappa shape index (κ1) is 17.1. The SMILES string of the molecule is O=C(c1ccc([C@H]2CCCN2C(=O)c2cscn2)s1)N1CCSCC1. The van der Waals surface area contributed by atoms with Crippen molar-refractivity contribution in [3.8, 4) is 0 Å². The Hall–Kier alpha value is -1.38. The van der Waals surface area contributed by atoms with Crippen LogP contribution in [-0.4, -0.2) is 57.7 Å². The van der Waals surface area contributed by atoms with Crippen LogP contribution in [0.5, 0.6) is 0 Å². The molecule has 0 saturated carbocycles. The molecule has 2 aromatic rings. The third-order valence-electron chi connectivity index (χ3n) is 4.63. The summed E-state index contributed by atoms with van der Waals surface area (Å²) in [5.74, 6) is 2.16. The van der Waals surface area contributed by atoms with Gasteiger partial charge in [-0.15, -0.1) is 22.7 Å². The van der Waals surface area contributed by atoms with E-state index in [0.29, 0.717) is 5.69 Å². The fraction of sp³-hybridized carbons (Fsp3) is 0.471. The zero-order valence-electron chi connectivity index (χ0n) is 13.7. The summed E-state index contributed by atoms with van der Waals surface area (Å²) in [4.78, 5) is 35.2. The van der Waals surface area contributed by atoms with Gasteiger partial charge < -0.3 is 9.80 Å². The highest BCUT2D eigenvalue weighted by Gasteiger charge is 2.33. The Kier molecular flexibility index (Phi) is 5.10. The van der Waals surface area contributed by atoms with Crippen LogP contribution in [0.25, 0.3) is 0 Å². The summed E-state index contributed by atoms with van der Waals surface area (Å²) in [7, 11) is 0. The Balaban J connectivity index is 1.50. The number of hydrogen-bond donors (Lipinski definition) is 0. The summed E-state index contributed by atoms with van der Waals surface area (Å²) in [5.41, 5.74) is 2.22. The highest BCUT2D eigenvalue weighted by molar-refractivity contribution is 7.99. The minimum atomic E-state index is -0.00178. The predicted octanol–water partition coefficient (Wildman–Crippen LogP) is 3.37. The number of carbonyl (C=O) groups is 2. The Labute approximate surface area is 159 Å². The Morgan fingerprint density at radius 2 is 1.96 bits per heavy atom. The van der Waals surface area contributed by atoms with Crippen LogP contribution in [-0.2, 0) is 0 Å². The van der Waals surface area contributed by atoms with Gasteiger partial charge in [0.15, 0.2) is 0 Å². The second-order valence-corrected chi connectivity index (χ2v) is 9.20.